The van der Waals surface area contributed by atoms with E-state index in [4.69, 9.17) is 9.47 Å². The SMILES string of the molecule is COc1ccc(OC)c(NCC(=O)Nc2ccc(Br)cc2)c1. The summed E-state index contributed by atoms with van der Waals surface area (Å²) in [4.78, 5) is 12.0. The molecule has 0 heterocycles. The second-order valence-corrected chi connectivity index (χ2v) is 5.39. The highest BCUT2D eigenvalue weighted by molar-refractivity contribution is 9.10. The van der Waals surface area contributed by atoms with Crippen molar-refractivity contribution in [2.24, 2.45) is 0 Å². The van der Waals surface area contributed by atoms with Gasteiger partial charge in [-0.05, 0) is 36.4 Å². The van der Waals surface area contributed by atoms with Crippen LogP contribution in [0.3, 0.4) is 0 Å². The third kappa shape index (κ3) is 4.39. The molecule has 5 nitrogen and oxygen atoms in total. The largest absolute Gasteiger partial charge is 0.497 e. The minimum absolute atomic E-state index is 0.125. The van der Waals surface area contributed by atoms with Gasteiger partial charge in [-0.2, -0.15) is 0 Å². The summed E-state index contributed by atoms with van der Waals surface area (Å²) in [7, 11) is 3.17. The molecule has 0 unspecified atom stereocenters. The maximum absolute atomic E-state index is 12.0. The Kier molecular flexibility index (Phi) is 5.66. The lowest BCUT2D eigenvalue weighted by molar-refractivity contribution is -0.114. The summed E-state index contributed by atoms with van der Waals surface area (Å²) in [5.74, 6) is 1.20. The lowest BCUT2D eigenvalue weighted by Crippen LogP contribution is -2.21. The first kappa shape index (κ1) is 16.2. The van der Waals surface area contributed by atoms with Crippen molar-refractivity contribution in [1.29, 1.82) is 0 Å². The second-order valence-electron chi connectivity index (χ2n) is 4.47. The van der Waals surface area contributed by atoms with Gasteiger partial charge in [0.1, 0.15) is 11.5 Å². The molecule has 0 aliphatic carbocycles. The Morgan fingerprint density at radius 1 is 1.09 bits per heavy atom. The Labute approximate surface area is 137 Å². The summed E-state index contributed by atoms with van der Waals surface area (Å²) in [5.41, 5.74) is 1.44. The van der Waals surface area contributed by atoms with Gasteiger partial charge in [-0.15, -0.1) is 0 Å². The first-order chi connectivity index (χ1) is 10.6. The van der Waals surface area contributed by atoms with Crippen molar-refractivity contribution in [3.05, 3.63) is 46.9 Å². The summed E-state index contributed by atoms with van der Waals surface area (Å²) >= 11 is 3.35. The molecule has 0 saturated heterocycles. The van der Waals surface area contributed by atoms with E-state index in [-0.39, 0.29) is 12.5 Å². The van der Waals surface area contributed by atoms with Gasteiger partial charge in [0.25, 0.3) is 0 Å². The Hall–Kier alpha value is -2.21. The van der Waals surface area contributed by atoms with Crippen LogP contribution in [0.25, 0.3) is 0 Å². The third-order valence-electron chi connectivity index (χ3n) is 2.97. The molecule has 1 amide bonds. The van der Waals surface area contributed by atoms with E-state index in [1.165, 1.54) is 0 Å². The Balaban J connectivity index is 1.97. The van der Waals surface area contributed by atoms with Crippen LogP contribution < -0.4 is 20.1 Å². The van der Waals surface area contributed by atoms with E-state index in [9.17, 15) is 4.79 Å². The smallest absolute Gasteiger partial charge is 0.243 e. The van der Waals surface area contributed by atoms with Crippen LogP contribution in [0.5, 0.6) is 11.5 Å². The minimum Gasteiger partial charge on any atom is -0.497 e. The number of benzene rings is 2. The molecular formula is C16H17BrN2O3. The molecule has 0 saturated carbocycles. The highest BCUT2D eigenvalue weighted by Crippen LogP contribution is 2.28. The van der Waals surface area contributed by atoms with E-state index in [1.54, 1.807) is 32.4 Å². The van der Waals surface area contributed by atoms with Gasteiger partial charge in [0, 0.05) is 16.2 Å². The topological polar surface area (TPSA) is 59.6 Å². The van der Waals surface area contributed by atoms with E-state index in [0.717, 1.165) is 10.2 Å². The molecule has 6 heteroatoms. The Bertz CT molecular complexity index is 644. The fraction of sp³-hybridized carbons (Fsp3) is 0.188. The van der Waals surface area contributed by atoms with Crippen LogP contribution in [0.15, 0.2) is 46.9 Å². The zero-order valence-corrected chi connectivity index (χ0v) is 13.9. The van der Waals surface area contributed by atoms with Crippen molar-refractivity contribution >= 4 is 33.2 Å². The molecular weight excluding hydrogens is 348 g/mol. The first-order valence-electron chi connectivity index (χ1n) is 6.63. The molecule has 0 spiro atoms. The number of nitrogens with one attached hydrogen (secondary N) is 2. The third-order valence-corrected chi connectivity index (χ3v) is 3.50. The molecule has 0 atom stereocenters. The van der Waals surface area contributed by atoms with Crippen molar-refractivity contribution in [3.63, 3.8) is 0 Å². The molecule has 2 rings (SSSR count). The maximum atomic E-state index is 12.0. The summed E-state index contributed by atoms with van der Waals surface area (Å²) in [6.07, 6.45) is 0. The van der Waals surface area contributed by atoms with E-state index in [2.05, 4.69) is 26.6 Å². The highest BCUT2D eigenvalue weighted by Gasteiger charge is 2.07. The number of anilines is 2. The molecule has 2 aromatic carbocycles. The number of hydrogen-bond acceptors (Lipinski definition) is 4. The van der Waals surface area contributed by atoms with Crippen molar-refractivity contribution in [3.8, 4) is 11.5 Å². The number of rotatable bonds is 6. The van der Waals surface area contributed by atoms with E-state index in [0.29, 0.717) is 17.2 Å². The summed E-state index contributed by atoms with van der Waals surface area (Å²) in [6.45, 7) is 0.125. The number of hydrogen-bond donors (Lipinski definition) is 2. The summed E-state index contributed by atoms with van der Waals surface area (Å²) in [6, 6.07) is 12.8. The van der Waals surface area contributed by atoms with Crippen molar-refractivity contribution in [2.75, 3.05) is 31.4 Å². The van der Waals surface area contributed by atoms with Crippen molar-refractivity contribution < 1.29 is 14.3 Å². The molecule has 0 aliphatic rings. The lowest BCUT2D eigenvalue weighted by atomic mass is 10.2. The van der Waals surface area contributed by atoms with E-state index >= 15 is 0 Å². The molecule has 0 aliphatic heterocycles. The van der Waals surface area contributed by atoms with Crippen LogP contribution in [0, 0.1) is 0 Å². The van der Waals surface area contributed by atoms with Gasteiger partial charge in [-0.25, -0.2) is 0 Å². The van der Waals surface area contributed by atoms with Crippen LogP contribution in [0.2, 0.25) is 0 Å². The van der Waals surface area contributed by atoms with E-state index in [1.807, 2.05) is 24.3 Å². The molecule has 0 bridgehead atoms. The van der Waals surface area contributed by atoms with Gasteiger partial charge < -0.3 is 20.1 Å². The number of carbonyl (C=O) groups excluding carboxylic acids is 1. The van der Waals surface area contributed by atoms with Crippen LogP contribution >= 0.6 is 15.9 Å². The summed E-state index contributed by atoms with van der Waals surface area (Å²) in [5, 5.41) is 5.86. The fourth-order valence-electron chi connectivity index (χ4n) is 1.87. The van der Waals surface area contributed by atoms with Crippen molar-refractivity contribution in [2.45, 2.75) is 0 Å². The molecule has 116 valence electrons. The first-order valence-corrected chi connectivity index (χ1v) is 7.43. The van der Waals surface area contributed by atoms with Gasteiger partial charge >= 0.3 is 0 Å². The molecule has 2 N–H and O–H groups in total. The van der Waals surface area contributed by atoms with Crippen LogP contribution in [-0.2, 0) is 4.79 Å². The number of amides is 1. The van der Waals surface area contributed by atoms with Gasteiger partial charge in [-0.3, -0.25) is 4.79 Å². The summed E-state index contributed by atoms with van der Waals surface area (Å²) < 4.78 is 11.4. The average Bonchev–Trinajstić information content (AvgIpc) is 2.54. The zero-order valence-electron chi connectivity index (χ0n) is 12.4. The molecule has 0 fully saturated rings. The molecule has 0 radical (unpaired) electrons. The van der Waals surface area contributed by atoms with Crippen LogP contribution in [0.1, 0.15) is 0 Å². The maximum Gasteiger partial charge on any atom is 0.243 e. The normalized spacial score (nSPS) is 9.95. The van der Waals surface area contributed by atoms with Gasteiger partial charge in [0.15, 0.2) is 0 Å². The number of carbonyl (C=O) groups is 1. The van der Waals surface area contributed by atoms with Gasteiger partial charge in [0.2, 0.25) is 5.91 Å². The Morgan fingerprint density at radius 2 is 1.82 bits per heavy atom. The lowest BCUT2D eigenvalue weighted by Gasteiger charge is -2.12. The van der Waals surface area contributed by atoms with Gasteiger partial charge in [0.05, 0.1) is 26.5 Å². The molecule has 22 heavy (non-hydrogen) atoms. The second kappa shape index (κ2) is 7.70. The van der Waals surface area contributed by atoms with E-state index < -0.39 is 0 Å². The zero-order chi connectivity index (χ0) is 15.9. The number of methoxy groups -OCH3 is 2. The van der Waals surface area contributed by atoms with Crippen LogP contribution in [0.4, 0.5) is 11.4 Å². The van der Waals surface area contributed by atoms with Crippen molar-refractivity contribution in [1.82, 2.24) is 0 Å². The fourth-order valence-corrected chi connectivity index (χ4v) is 2.13. The Morgan fingerprint density at radius 3 is 2.45 bits per heavy atom. The predicted octanol–water partition coefficient (Wildman–Crippen LogP) is 3.52. The average molecular weight is 365 g/mol. The standard InChI is InChI=1S/C16H17BrN2O3/c1-21-13-7-8-15(22-2)14(9-13)18-10-16(20)19-12-5-3-11(17)4-6-12/h3-9,18H,10H2,1-2H3,(H,19,20). The monoisotopic (exact) mass is 364 g/mol. The van der Waals surface area contributed by atoms with Gasteiger partial charge in [-0.1, -0.05) is 15.9 Å². The molecule has 0 aromatic heterocycles. The number of ether oxygens (including phenoxy) is 2. The quantitative estimate of drug-likeness (QED) is 0.823. The predicted molar refractivity (Wildman–Crippen MR) is 90.8 cm³/mol. The van der Waals surface area contributed by atoms with Crippen LogP contribution in [-0.4, -0.2) is 26.7 Å². The molecule has 2 aromatic rings. The number of halogens is 1. The highest BCUT2D eigenvalue weighted by atomic mass is 79.9. The minimum atomic E-state index is -0.146.